The Morgan fingerprint density at radius 1 is 0.909 bits per heavy atom. The molecule has 3 rings (SSSR count). The maximum absolute atomic E-state index is 12.0. The Hall–Kier alpha value is -2.58. The van der Waals surface area contributed by atoms with Crippen molar-refractivity contribution >= 4 is 23.5 Å². The van der Waals surface area contributed by atoms with E-state index in [1.54, 1.807) is 30.3 Å². The summed E-state index contributed by atoms with van der Waals surface area (Å²) in [5.41, 5.74) is 1.60. The Labute approximate surface area is 133 Å². The summed E-state index contributed by atoms with van der Waals surface area (Å²) in [7, 11) is 0. The van der Waals surface area contributed by atoms with Gasteiger partial charge in [-0.25, -0.2) is 0 Å². The molecule has 2 nitrogen and oxygen atoms in total. The van der Waals surface area contributed by atoms with Crippen LogP contribution in [0.3, 0.4) is 0 Å². The summed E-state index contributed by atoms with van der Waals surface area (Å²) in [5, 5.41) is 0.610. The number of hydrogen-bond donors (Lipinski definition) is 0. The van der Waals surface area contributed by atoms with Crippen molar-refractivity contribution in [2.75, 3.05) is 0 Å². The highest BCUT2D eigenvalue weighted by atomic mass is 35.5. The van der Waals surface area contributed by atoms with Crippen molar-refractivity contribution in [2.24, 2.45) is 0 Å². The van der Waals surface area contributed by atoms with Crippen molar-refractivity contribution < 1.29 is 9.21 Å². The van der Waals surface area contributed by atoms with Gasteiger partial charge in [0, 0.05) is 16.1 Å². The molecule has 3 aromatic rings. The van der Waals surface area contributed by atoms with Crippen LogP contribution in [0.5, 0.6) is 0 Å². The molecule has 1 aromatic heterocycles. The van der Waals surface area contributed by atoms with Gasteiger partial charge < -0.3 is 4.42 Å². The molecule has 0 saturated carbocycles. The lowest BCUT2D eigenvalue weighted by atomic mass is 10.1. The quantitative estimate of drug-likeness (QED) is 0.471. The van der Waals surface area contributed by atoms with E-state index in [0.29, 0.717) is 16.3 Å². The summed E-state index contributed by atoms with van der Waals surface area (Å²) >= 11 is 5.81. The molecule has 0 aliphatic rings. The van der Waals surface area contributed by atoms with Gasteiger partial charge in [-0.2, -0.15) is 0 Å². The summed E-state index contributed by atoms with van der Waals surface area (Å²) in [4.78, 5) is 12.0. The number of benzene rings is 2. The number of hydrogen-bond acceptors (Lipinski definition) is 2. The first-order valence-corrected chi connectivity index (χ1v) is 7.23. The first-order chi connectivity index (χ1) is 10.7. The Morgan fingerprint density at radius 2 is 1.64 bits per heavy atom. The first-order valence-electron chi connectivity index (χ1n) is 6.85. The van der Waals surface area contributed by atoms with Crippen LogP contribution in [0.4, 0.5) is 0 Å². The van der Waals surface area contributed by atoms with Crippen molar-refractivity contribution in [2.45, 2.75) is 0 Å². The Balaban J connectivity index is 1.75. The van der Waals surface area contributed by atoms with Gasteiger partial charge in [-0.05, 0) is 48.6 Å². The van der Waals surface area contributed by atoms with Crippen LogP contribution in [-0.4, -0.2) is 5.78 Å². The molecule has 0 saturated heterocycles. The monoisotopic (exact) mass is 308 g/mol. The second-order valence-corrected chi connectivity index (χ2v) is 5.21. The van der Waals surface area contributed by atoms with Gasteiger partial charge in [0.25, 0.3) is 0 Å². The van der Waals surface area contributed by atoms with Gasteiger partial charge in [0.05, 0.1) is 0 Å². The average Bonchev–Trinajstić information content (AvgIpc) is 3.03. The lowest BCUT2D eigenvalue weighted by Crippen LogP contribution is -1.92. The summed E-state index contributed by atoms with van der Waals surface area (Å²) in [6.45, 7) is 0. The summed E-state index contributed by atoms with van der Waals surface area (Å²) in [5.74, 6) is 1.33. The molecule has 0 N–H and O–H groups in total. The van der Waals surface area contributed by atoms with E-state index in [1.807, 2.05) is 42.5 Å². The van der Waals surface area contributed by atoms with Crippen LogP contribution in [0.2, 0.25) is 5.02 Å². The lowest BCUT2D eigenvalue weighted by Gasteiger charge is -1.96. The molecule has 1 heterocycles. The number of ketones is 1. The Morgan fingerprint density at radius 3 is 2.36 bits per heavy atom. The molecule has 2 aromatic carbocycles. The highest BCUT2D eigenvalue weighted by Gasteiger charge is 2.04. The predicted molar refractivity (Wildman–Crippen MR) is 89.0 cm³/mol. The van der Waals surface area contributed by atoms with Gasteiger partial charge in [-0.3, -0.25) is 4.79 Å². The summed E-state index contributed by atoms with van der Waals surface area (Å²) < 4.78 is 5.71. The molecular weight excluding hydrogens is 296 g/mol. The first kappa shape index (κ1) is 14.4. The molecular formula is C19H13ClO2. The molecule has 0 radical (unpaired) electrons. The SMILES string of the molecule is O=C(C=Cc1ccc(-c2ccccc2)o1)c1ccc(Cl)cc1. The standard InChI is InChI=1S/C19H13ClO2/c20-16-8-6-14(7-9-16)18(21)12-10-17-11-13-19(22-17)15-4-2-1-3-5-15/h1-13H. The zero-order chi connectivity index (χ0) is 15.4. The van der Waals surface area contributed by atoms with E-state index in [0.717, 1.165) is 11.3 Å². The van der Waals surface area contributed by atoms with E-state index in [2.05, 4.69) is 0 Å². The zero-order valence-corrected chi connectivity index (χ0v) is 12.5. The van der Waals surface area contributed by atoms with Crippen LogP contribution in [-0.2, 0) is 0 Å². The van der Waals surface area contributed by atoms with Crippen molar-refractivity contribution in [3.05, 3.63) is 89.2 Å². The minimum absolute atomic E-state index is 0.0886. The molecule has 108 valence electrons. The number of halogens is 1. The predicted octanol–water partition coefficient (Wildman–Crippen LogP) is 5.50. The molecule has 0 bridgehead atoms. The van der Waals surface area contributed by atoms with E-state index >= 15 is 0 Å². The van der Waals surface area contributed by atoms with Crippen LogP contribution in [0.25, 0.3) is 17.4 Å². The molecule has 3 heteroatoms. The molecule has 0 aliphatic carbocycles. The van der Waals surface area contributed by atoms with Gasteiger partial charge in [-0.1, -0.05) is 41.9 Å². The highest BCUT2D eigenvalue weighted by molar-refractivity contribution is 6.30. The van der Waals surface area contributed by atoms with E-state index in [4.69, 9.17) is 16.0 Å². The van der Waals surface area contributed by atoms with Gasteiger partial charge >= 0.3 is 0 Å². The number of furan rings is 1. The fourth-order valence-corrected chi connectivity index (χ4v) is 2.19. The van der Waals surface area contributed by atoms with Gasteiger partial charge in [0.15, 0.2) is 5.78 Å². The minimum atomic E-state index is -0.0886. The van der Waals surface area contributed by atoms with E-state index in [9.17, 15) is 4.79 Å². The number of rotatable bonds is 4. The topological polar surface area (TPSA) is 30.2 Å². The van der Waals surface area contributed by atoms with Crippen molar-refractivity contribution in [1.29, 1.82) is 0 Å². The molecule has 0 amide bonds. The Kier molecular flexibility index (Phi) is 4.22. The normalized spacial score (nSPS) is 11.0. The van der Waals surface area contributed by atoms with Crippen molar-refractivity contribution in [3.63, 3.8) is 0 Å². The molecule has 0 fully saturated rings. The minimum Gasteiger partial charge on any atom is -0.457 e. The van der Waals surface area contributed by atoms with E-state index in [1.165, 1.54) is 6.08 Å². The zero-order valence-electron chi connectivity index (χ0n) is 11.7. The molecule has 0 atom stereocenters. The van der Waals surface area contributed by atoms with Crippen molar-refractivity contribution in [3.8, 4) is 11.3 Å². The third-order valence-electron chi connectivity index (χ3n) is 3.21. The van der Waals surface area contributed by atoms with E-state index in [-0.39, 0.29) is 5.78 Å². The number of carbonyl (C=O) groups is 1. The van der Waals surface area contributed by atoms with Gasteiger partial charge in [-0.15, -0.1) is 0 Å². The Bertz CT molecular complexity index is 799. The third-order valence-corrected chi connectivity index (χ3v) is 3.46. The second kappa shape index (κ2) is 6.46. The maximum Gasteiger partial charge on any atom is 0.185 e. The molecule has 0 aliphatic heterocycles. The third kappa shape index (κ3) is 3.35. The van der Waals surface area contributed by atoms with Gasteiger partial charge in [0.1, 0.15) is 11.5 Å². The van der Waals surface area contributed by atoms with Gasteiger partial charge in [0.2, 0.25) is 0 Å². The molecule has 0 unspecified atom stereocenters. The molecule has 0 spiro atoms. The smallest absolute Gasteiger partial charge is 0.185 e. The van der Waals surface area contributed by atoms with Crippen LogP contribution >= 0.6 is 11.6 Å². The number of carbonyl (C=O) groups excluding carboxylic acids is 1. The summed E-state index contributed by atoms with van der Waals surface area (Å²) in [6, 6.07) is 20.4. The van der Waals surface area contributed by atoms with Crippen LogP contribution in [0, 0.1) is 0 Å². The van der Waals surface area contributed by atoms with Crippen molar-refractivity contribution in [1.82, 2.24) is 0 Å². The second-order valence-electron chi connectivity index (χ2n) is 4.77. The summed E-state index contributed by atoms with van der Waals surface area (Å²) in [6.07, 6.45) is 3.17. The highest BCUT2D eigenvalue weighted by Crippen LogP contribution is 2.22. The fourth-order valence-electron chi connectivity index (χ4n) is 2.07. The van der Waals surface area contributed by atoms with Crippen LogP contribution < -0.4 is 0 Å². The van der Waals surface area contributed by atoms with Crippen LogP contribution in [0.1, 0.15) is 16.1 Å². The maximum atomic E-state index is 12.0. The number of allylic oxidation sites excluding steroid dienone is 1. The van der Waals surface area contributed by atoms with Crippen LogP contribution in [0.15, 0.2) is 77.2 Å². The van der Waals surface area contributed by atoms with E-state index < -0.39 is 0 Å². The largest absolute Gasteiger partial charge is 0.457 e. The fraction of sp³-hybridized carbons (Fsp3) is 0. The molecule has 22 heavy (non-hydrogen) atoms. The average molecular weight is 309 g/mol. The lowest BCUT2D eigenvalue weighted by molar-refractivity contribution is 0.104.